The highest BCUT2D eigenvalue weighted by atomic mass is 79.9. The van der Waals surface area contributed by atoms with Gasteiger partial charge >= 0.3 is 0 Å². The first-order valence-corrected chi connectivity index (χ1v) is 5.51. The predicted octanol–water partition coefficient (Wildman–Crippen LogP) is 2.78. The summed E-state index contributed by atoms with van der Waals surface area (Å²) in [6, 6.07) is 0. The Bertz CT molecular complexity index is 246. The van der Waals surface area contributed by atoms with Crippen LogP contribution in [-0.4, -0.2) is 10.6 Å². The van der Waals surface area contributed by atoms with Gasteiger partial charge in [0.05, 0.1) is 4.83 Å². The lowest BCUT2D eigenvalue weighted by atomic mass is 9.70. The second-order valence-corrected chi connectivity index (χ2v) is 5.95. The van der Waals surface area contributed by atoms with Crippen molar-refractivity contribution in [3.63, 3.8) is 0 Å². The number of ketones is 1. The van der Waals surface area contributed by atoms with E-state index in [0.29, 0.717) is 11.7 Å². The van der Waals surface area contributed by atoms with Gasteiger partial charge in [0.25, 0.3) is 0 Å². The second kappa shape index (κ2) is 2.14. The third-order valence-corrected chi connectivity index (χ3v) is 5.51. The van der Waals surface area contributed by atoms with Crippen LogP contribution >= 0.6 is 15.9 Å². The molecular weight excluding hydrogens is 216 g/mol. The van der Waals surface area contributed by atoms with Crippen LogP contribution in [0, 0.1) is 16.7 Å². The lowest BCUT2D eigenvalue weighted by Crippen LogP contribution is -2.33. The Morgan fingerprint density at radius 1 is 1.42 bits per heavy atom. The van der Waals surface area contributed by atoms with E-state index >= 15 is 0 Å². The van der Waals surface area contributed by atoms with Crippen molar-refractivity contribution in [2.75, 3.05) is 0 Å². The van der Waals surface area contributed by atoms with E-state index in [1.54, 1.807) is 0 Å². The summed E-state index contributed by atoms with van der Waals surface area (Å²) in [6.07, 6.45) is 2.30. The fourth-order valence-electron chi connectivity index (χ4n) is 2.98. The van der Waals surface area contributed by atoms with Crippen molar-refractivity contribution in [3.8, 4) is 0 Å². The van der Waals surface area contributed by atoms with Gasteiger partial charge < -0.3 is 0 Å². The summed E-state index contributed by atoms with van der Waals surface area (Å²) in [6.45, 7) is 6.62. The van der Waals surface area contributed by atoms with Crippen LogP contribution < -0.4 is 0 Å². The fourth-order valence-corrected chi connectivity index (χ4v) is 4.41. The fraction of sp³-hybridized carbons (Fsp3) is 0.900. The smallest absolute Gasteiger partial charge is 0.153 e. The largest absolute Gasteiger partial charge is 0.298 e. The molecule has 0 aromatic heterocycles. The molecule has 2 aliphatic rings. The van der Waals surface area contributed by atoms with Gasteiger partial charge in [0.15, 0.2) is 5.78 Å². The molecule has 0 radical (unpaired) electrons. The molecule has 0 aromatic rings. The summed E-state index contributed by atoms with van der Waals surface area (Å²) in [4.78, 5) is 12.0. The van der Waals surface area contributed by atoms with Gasteiger partial charge in [-0.25, -0.2) is 0 Å². The third-order valence-electron chi connectivity index (χ3n) is 4.45. The van der Waals surface area contributed by atoms with Crippen LogP contribution in [0.25, 0.3) is 0 Å². The molecular formula is C10H15BrO. The molecule has 68 valence electrons. The Morgan fingerprint density at radius 2 is 2.00 bits per heavy atom. The zero-order chi connectivity index (χ0) is 9.15. The van der Waals surface area contributed by atoms with Gasteiger partial charge in [0.2, 0.25) is 0 Å². The average molecular weight is 231 g/mol. The SMILES string of the molecule is CC1(C)[C@@H]2CC[C@]1(C)C(=O)[C@@H]2Br. The van der Waals surface area contributed by atoms with Crippen molar-refractivity contribution in [2.45, 2.75) is 38.4 Å². The van der Waals surface area contributed by atoms with Crippen LogP contribution in [0.4, 0.5) is 0 Å². The Hall–Kier alpha value is 0.150. The number of carbonyl (C=O) groups is 1. The highest BCUT2D eigenvalue weighted by molar-refractivity contribution is 9.10. The molecule has 0 N–H and O–H groups in total. The molecule has 12 heavy (non-hydrogen) atoms. The van der Waals surface area contributed by atoms with Gasteiger partial charge in [0.1, 0.15) is 0 Å². The summed E-state index contributed by atoms with van der Waals surface area (Å²) >= 11 is 3.52. The molecule has 0 heterocycles. The molecule has 0 aromatic carbocycles. The molecule has 0 aliphatic heterocycles. The van der Waals surface area contributed by atoms with Crippen LogP contribution in [0.5, 0.6) is 0 Å². The predicted molar refractivity (Wildman–Crippen MR) is 52.3 cm³/mol. The zero-order valence-corrected chi connectivity index (χ0v) is 9.44. The van der Waals surface area contributed by atoms with Crippen molar-refractivity contribution in [1.29, 1.82) is 0 Å². The van der Waals surface area contributed by atoms with E-state index in [0.717, 1.165) is 6.42 Å². The molecule has 2 saturated carbocycles. The number of carbonyl (C=O) groups excluding carboxylic acids is 1. The van der Waals surface area contributed by atoms with Crippen molar-refractivity contribution in [2.24, 2.45) is 16.7 Å². The molecule has 1 nitrogen and oxygen atoms in total. The summed E-state index contributed by atoms with van der Waals surface area (Å²) in [5, 5.41) is 0. The molecule has 2 rings (SSSR count). The first kappa shape index (κ1) is 8.74. The number of halogens is 1. The maximum Gasteiger partial charge on any atom is 0.153 e. The van der Waals surface area contributed by atoms with Gasteiger partial charge in [-0.3, -0.25) is 4.79 Å². The van der Waals surface area contributed by atoms with E-state index in [1.165, 1.54) is 6.42 Å². The minimum Gasteiger partial charge on any atom is -0.298 e. The highest BCUT2D eigenvalue weighted by Crippen LogP contribution is 2.65. The van der Waals surface area contributed by atoms with Crippen molar-refractivity contribution >= 4 is 21.7 Å². The summed E-state index contributed by atoms with van der Waals surface area (Å²) < 4.78 is 0. The average Bonchev–Trinajstić information content (AvgIpc) is 2.26. The number of Topliss-reactive ketones (excluding diaryl/α,β-unsaturated/α-hetero) is 1. The van der Waals surface area contributed by atoms with Crippen LogP contribution in [0.1, 0.15) is 33.6 Å². The quantitative estimate of drug-likeness (QED) is 0.586. The molecule has 2 heteroatoms. The highest BCUT2D eigenvalue weighted by Gasteiger charge is 2.65. The summed E-state index contributed by atoms with van der Waals surface area (Å²) in [5.41, 5.74) is 0.157. The van der Waals surface area contributed by atoms with Crippen LogP contribution in [-0.2, 0) is 4.79 Å². The molecule has 2 aliphatic carbocycles. The minimum absolute atomic E-state index is 0.0498. The van der Waals surface area contributed by atoms with Crippen molar-refractivity contribution in [1.82, 2.24) is 0 Å². The maximum absolute atomic E-state index is 11.9. The monoisotopic (exact) mass is 230 g/mol. The summed E-state index contributed by atoms with van der Waals surface area (Å²) in [5.74, 6) is 0.999. The number of hydrogen-bond acceptors (Lipinski definition) is 1. The number of rotatable bonds is 0. The standard InChI is InChI=1S/C10H15BrO/c1-9(2)6-4-5-10(9,3)8(12)7(6)11/h6-7H,4-5H2,1-3H3/t6-,7-,10-/m1/s1. The van der Waals surface area contributed by atoms with E-state index in [2.05, 4.69) is 36.7 Å². The van der Waals surface area contributed by atoms with Crippen LogP contribution in [0.15, 0.2) is 0 Å². The molecule has 0 amide bonds. The van der Waals surface area contributed by atoms with Crippen LogP contribution in [0.3, 0.4) is 0 Å². The molecule has 2 bridgehead atoms. The minimum atomic E-state index is -0.0498. The van der Waals surface area contributed by atoms with Gasteiger partial charge in [-0.1, -0.05) is 36.7 Å². The first-order chi connectivity index (χ1) is 5.41. The lowest BCUT2D eigenvalue weighted by Gasteiger charge is -2.32. The third kappa shape index (κ3) is 0.688. The van der Waals surface area contributed by atoms with Gasteiger partial charge in [0, 0.05) is 5.41 Å². The van der Waals surface area contributed by atoms with E-state index in [9.17, 15) is 4.79 Å². The molecule has 0 unspecified atom stereocenters. The number of alkyl halides is 1. The zero-order valence-electron chi connectivity index (χ0n) is 7.86. The van der Waals surface area contributed by atoms with E-state index in [4.69, 9.17) is 0 Å². The number of fused-ring (bicyclic) bond motifs is 2. The first-order valence-electron chi connectivity index (χ1n) is 4.59. The van der Waals surface area contributed by atoms with Gasteiger partial charge in [-0.2, -0.15) is 0 Å². The molecule has 0 spiro atoms. The molecule has 3 atom stereocenters. The number of hydrogen-bond donors (Lipinski definition) is 0. The van der Waals surface area contributed by atoms with E-state index in [1.807, 2.05) is 0 Å². The second-order valence-electron chi connectivity index (χ2n) is 4.96. The normalized spacial score (nSPS) is 50.2. The van der Waals surface area contributed by atoms with Gasteiger partial charge in [-0.15, -0.1) is 0 Å². The Balaban J connectivity index is 2.50. The van der Waals surface area contributed by atoms with E-state index in [-0.39, 0.29) is 15.7 Å². The van der Waals surface area contributed by atoms with Gasteiger partial charge in [-0.05, 0) is 24.2 Å². The Morgan fingerprint density at radius 3 is 2.25 bits per heavy atom. The Labute approximate surface area is 82.0 Å². The van der Waals surface area contributed by atoms with Crippen molar-refractivity contribution in [3.05, 3.63) is 0 Å². The molecule has 0 saturated heterocycles. The lowest BCUT2D eigenvalue weighted by molar-refractivity contribution is -0.127. The van der Waals surface area contributed by atoms with Crippen LogP contribution in [0.2, 0.25) is 0 Å². The summed E-state index contributed by atoms with van der Waals surface area (Å²) in [7, 11) is 0. The maximum atomic E-state index is 11.9. The van der Waals surface area contributed by atoms with E-state index < -0.39 is 0 Å². The topological polar surface area (TPSA) is 17.1 Å². The Kier molecular flexibility index (Phi) is 1.56. The van der Waals surface area contributed by atoms with Crippen molar-refractivity contribution < 1.29 is 4.79 Å². The molecule has 2 fully saturated rings.